The summed E-state index contributed by atoms with van der Waals surface area (Å²) in [7, 11) is 3.32. The summed E-state index contributed by atoms with van der Waals surface area (Å²) >= 11 is 0. The molecule has 2 atom stereocenters. The highest BCUT2D eigenvalue weighted by atomic mass is 16.5. The fraction of sp³-hybridized carbons (Fsp3) is 0.789. The number of carbonyl (C=O) groups is 4. The molecule has 0 aromatic rings. The normalized spacial score (nSPS) is 22.6. The van der Waals surface area contributed by atoms with Crippen molar-refractivity contribution in [1.29, 1.82) is 0 Å². The summed E-state index contributed by atoms with van der Waals surface area (Å²) in [6.07, 6.45) is 6.29. The van der Waals surface area contributed by atoms with Gasteiger partial charge in [-0.15, -0.1) is 0 Å². The number of rotatable bonds is 5. The van der Waals surface area contributed by atoms with E-state index in [0.717, 1.165) is 38.4 Å². The molecule has 7 nitrogen and oxygen atoms in total. The molecule has 2 aliphatic carbocycles. The average molecular weight is 374 g/mol. The van der Waals surface area contributed by atoms with Gasteiger partial charge in [0.05, 0.1) is 24.7 Å². The Morgan fingerprint density at radius 1 is 0.962 bits per heavy atom. The van der Waals surface area contributed by atoms with E-state index in [1.54, 1.807) is 21.1 Å². The Bertz CT molecular complexity index is 399. The fourth-order valence-electron chi connectivity index (χ4n) is 2.58. The third-order valence-electron chi connectivity index (χ3n) is 4.20. The summed E-state index contributed by atoms with van der Waals surface area (Å²) in [6, 6.07) is 0. The Kier molecular flexibility index (Phi) is 17.3. The quantitative estimate of drug-likeness (QED) is 0.539. The van der Waals surface area contributed by atoms with Crippen LogP contribution in [0.4, 0.5) is 0 Å². The zero-order chi connectivity index (χ0) is 19.1. The summed E-state index contributed by atoms with van der Waals surface area (Å²) in [6.45, 7) is 2.66. The molecule has 7 heteroatoms. The maximum Gasteiger partial charge on any atom is 0.293 e. The number of Topliss-reactive ketones (excluding diaryl/α,β-unsaturated/α-hetero) is 2. The van der Waals surface area contributed by atoms with Crippen LogP contribution in [-0.4, -0.2) is 57.4 Å². The Morgan fingerprint density at radius 3 is 1.88 bits per heavy atom. The molecule has 0 aliphatic heterocycles. The predicted molar refractivity (Wildman–Crippen MR) is 97.9 cm³/mol. The van der Waals surface area contributed by atoms with Crippen LogP contribution in [0.1, 0.15) is 59.3 Å². The van der Waals surface area contributed by atoms with E-state index in [-0.39, 0.29) is 19.3 Å². The molecule has 0 aromatic carbocycles. The van der Waals surface area contributed by atoms with Crippen LogP contribution >= 0.6 is 0 Å². The van der Waals surface area contributed by atoms with E-state index in [1.165, 1.54) is 0 Å². The minimum absolute atomic E-state index is 0. The van der Waals surface area contributed by atoms with E-state index in [0.29, 0.717) is 37.8 Å². The van der Waals surface area contributed by atoms with E-state index in [4.69, 9.17) is 9.47 Å². The second kappa shape index (κ2) is 16.8. The molecular weight excluding hydrogens is 340 g/mol. The van der Waals surface area contributed by atoms with Crippen LogP contribution in [0.2, 0.25) is 0 Å². The van der Waals surface area contributed by atoms with Gasteiger partial charge in [0.1, 0.15) is 17.9 Å². The topological polar surface area (TPSA) is 96.0 Å². The van der Waals surface area contributed by atoms with Crippen molar-refractivity contribution in [3.63, 3.8) is 0 Å². The first kappa shape index (κ1) is 26.6. The molecule has 2 rings (SSSR count). The zero-order valence-corrected chi connectivity index (χ0v) is 15.4. The first-order valence-corrected chi connectivity index (χ1v) is 8.62. The molecule has 2 unspecified atom stereocenters. The predicted octanol–water partition coefficient (Wildman–Crippen LogP) is 2.53. The molecule has 26 heavy (non-hydrogen) atoms. The van der Waals surface area contributed by atoms with Crippen molar-refractivity contribution in [2.75, 3.05) is 20.8 Å². The number of hydrogen-bond donors (Lipinski definition) is 0. The van der Waals surface area contributed by atoms with Gasteiger partial charge in [-0.25, -0.2) is 0 Å². The molecule has 0 radical (unpaired) electrons. The van der Waals surface area contributed by atoms with Gasteiger partial charge in [-0.05, 0) is 32.6 Å². The largest absolute Gasteiger partial charge is 0.468 e. The maximum atomic E-state index is 11.0. The molecule has 0 spiro atoms. The van der Waals surface area contributed by atoms with Gasteiger partial charge >= 0.3 is 0 Å². The van der Waals surface area contributed by atoms with Crippen molar-refractivity contribution in [3.05, 3.63) is 0 Å². The minimum Gasteiger partial charge on any atom is -0.468 e. The first-order chi connectivity index (χ1) is 12.0. The molecule has 0 N–H and O–H groups in total. The monoisotopic (exact) mass is 374 g/mol. The lowest BCUT2D eigenvalue weighted by atomic mass is 9.87. The smallest absolute Gasteiger partial charge is 0.293 e. The number of aldehydes is 1. The Morgan fingerprint density at radius 2 is 1.50 bits per heavy atom. The standard InChI is InChI=1S/C8H12O3.C7H12O2.C3H6O2.CH4/c1-11-7-2-3-8(10)6(4-7)5-9;1-9-7-4-2-6(8)3-5-7;1-2-5-3-4;/h5-7H,2-4H2,1H3;7H,2-5H2,1H3;3H,2H2,1H3;1H4. The fourth-order valence-corrected chi connectivity index (χ4v) is 2.58. The number of ether oxygens (including phenoxy) is 3. The molecule has 152 valence electrons. The van der Waals surface area contributed by atoms with E-state index >= 15 is 0 Å². The van der Waals surface area contributed by atoms with Crippen molar-refractivity contribution >= 4 is 24.3 Å². The molecule has 0 aromatic heterocycles. The Labute approximate surface area is 156 Å². The number of carbonyl (C=O) groups excluding carboxylic acids is 4. The van der Waals surface area contributed by atoms with Gasteiger partial charge in [0.2, 0.25) is 0 Å². The lowest BCUT2D eigenvalue weighted by Crippen LogP contribution is -2.29. The number of ketones is 2. The number of hydrogen-bond acceptors (Lipinski definition) is 7. The van der Waals surface area contributed by atoms with E-state index in [9.17, 15) is 19.2 Å². The molecule has 0 heterocycles. The minimum atomic E-state index is -0.409. The van der Waals surface area contributed by atoms with Crippen LogP contribution in [0, 0.1) is 5.92 Å². The van der Waals surface area contributed by atoms with E-state index < -0.39 is 5.92 Å². The van der Waals surface area contributed by atoms with Gasteiger partial charge in [-0.2, -0.15) is 0 Å². The SMILES string of the molecule is C.CCOC=O.COC1CCC(=O)C(C=O)C1.COC1CCC(=O)CC1. The summed E-state index contributed by atoms with van der Waals surface area (Å²) in [5.41, 5.74) is 0. The highest BCUT2D eigenvalue weighted by molar-refractivity contribution is 5.93. The Balaban J connectivity index is 0. The lowest BCUT2D eigenvalue weighted by molar-refractivity contribution is -0.132. The lowest BCUT2D eigenvalue weighted by Gasteiger charge is -2.23. The maximum absolute atomic E-state index is 11.0. The third kappa shape index (κ3) is 11.9. The Hall–Kier alpha value is -1.60. The molecule has 0 amide bonds. The van der Waals surface area contributed by atoms with Crippen LogP contribution < -0.4 is 0 Å². The van der Waals surface area contributed by atoms with Gasteiger partial charge < -0.3 is 19.0 Å². The van der Waals surface area contributed by atoms with Crippen LogP contribution in [-0.2, 0) is 33.4 Å². The van der Waals surface area contributed by atoms with Gasteiger partial charge in [-0.1, -0.05) is 7.43 Å². The van der Waals surface area contributed by atoms with Crippen molar-refractivity contribution in [1.82, 2.24) is 0 Å². The van der Waals surface area contributed by atoms with Crippen LogP contribution in [0.15, 0.2) is 0 Å². The second-order valence-electron chi connectivity index (χ2n) is 5.87. The molecule has 2 saturated carbocycles. The molecule has 0 bridgehead atoms. The summed E-state index contributed by atoms with van der Waals surface area (Å²) in [5.74, 6) is 0.0466. The second-order valence-corrected chi connectivity index (χ2v) is 5.87. The highest BCUT2D eigenvalue weighted by Crippen LogP contribution is 2.21. The van der Waals surface area contributed by atoms with E-state index in [2.05, 4.69) is 4.74 Å². The van der Waals surface area contributed by atoms with Gasteiger partial charge in [0.25, 0.3) is 6.47 Å². The van der Waals surface area contributed by atoms with Crippen molar-refractivity contribution < 1.29 is 33.4 Å². The summed E-state index contributed by atoms with van der Waals surface area (Å²) in [5, 5.41) is 0. The number of methoxy groups -OCH3 is 2. The van der Waals surface area contributed by atoms with Gasteiger partial charge in [-0.3, -0.25) is 14.4 Å². The van der Waals surface area contributed by atoms with Gasteiger partial charge in [0, 0.05) is 33.5 Å². The van der Waals surface area contributed by atoms with Crippen molar-refractivity contribution in [2.45, 2.75) is 71.5 Å². The molecule has 2 fully saturated rings. The third-order valence-corrected chi connectivity index (χ3v) is 4.20. The van der Waals surface area contributed by atoms with Crippen molar-refractivity contribution in [2.24, 2.45) is 5.92 Å². The molecular formula is C19H34O7. The molecule has 2 aliphatic rings. The van der Waals surface area contributed by atoms with Crippen LogP contribution in [0.25, 0.3) is 0 Å². The van der Waals surface area contributed by atoms with Gasteiger partial charge in [0.15, 0.2) is 0 Å². The molecule has 0 saturated heterocycles. The average Bonchev–Trinajstić information content (AvgIpc) is 2.64. The summed E-state index contributed by atoms with van der Waals surface area (Å²) < 4.78 is 14.3. The first-order valence-electron chi connectivity index (χ1n) is 8.62. The zero-order valence-electron chi connectivity index (χ0n) is 15.4. The van der Waals surface area contributed by atoms with Crippen molar-refractivity contribution in [3.8, 4) is 0 Å². The highest BCUT2D eigenvalue weighted by Gasteiger charge is 2.27. The summed E-state index contributed by atoms with van der Waals surface area (Å²) in [4.78, 5) is 41.2. The van der Waals surface area contributed by atoms with Crippen LogP contribution in [0.3, 0.4) is 0 Å². The van der Waals surface area contributed by atoms with E-state index in [1.807, 2.05) is 0 Å². The van der Waals surface area contributed by atoms with Crippen LogP contribution in [0.5, 0.6) is 0 Å².